The van der Waals surface area contributed by atoms with Crippen LogP contribution in [-0.2, 0) is 6.54 Å². The summed E-state index contributed by atoms with van der Waals surface area (Å²) in [5, 5.41) is 3.72. The third kappa shape index (κ3) is 3.12. The highest BCUT2D eigenvalue weighted by molar-refractivity contribution is 4.94. The molecule has 0 spiro atoms. The lowest BCUT2D eigenvalue weighted by Crippen LogP contribution is -2.50. The molecule has 1 aromatic rings. The van der Waals surface area contributed by atoms with Crippen LogP contribution in [0.15, 0.2) is 10.6 Å². The van der Waals surface area contributed by atoms with Gasteiger partial charge < -0.3 is 9.73 Å². The second-order valence-corrected chi connectivity index (χ2v) is 5.34. The average molecular weight is 251 g/mol. The van der Waals surface area contributed by atoms with Crippen molar-refractivity contribution >= 4 is 0 Å². The van der Waals surface area contributed by atoms with E-state index in [1.54, 1.807) is 6.20 Å². The first-order valence-corrected chi connectivity index (χ1v) is 7.06. The van der Waals surface area contributed by atoms with E-state index in [0.717, 1.165) is 37.8 Å². The van der Waals surface area contributed by atoms with Crippen LogP contribution in [0.3, 0.4) is 0 Å². The van der Waals surface area contributed by atoms with Crippen LogP contribution in [0.4, 0.5) is 0 Å². The highest BCUT2D eigenvalue weighted by Gasteiger charge is 2.30. The normalized spacial score (nSPS) is 20.8. The van der Waals surface area contributed by atoms with E-state index in [1.807, 2.05) is 6.92 Å². The fourth-order valence-electron chi connectivity index (χ4n) is 2.74. The molecule has 1 saturated heterocycles. The molecule has 0 atom stereocenters. The molecule has 0 bridgehead atoms. The zero-order valence-corrected chi connectivity index (χ0v) is 11.8. The SMILES string of the molecule is CCC1(CC)CN(Cc2ncc(C)o2)CCCN1. The molecule has 0 aliphatic carbocycles. The van der Waals surface area contributed by atoms with Crippen molar-refractivity contribution in [3.8, 4) is 0 Å². The topological polar surface area (TPSA) is 41.3 Å². The predicted octanol–water partition coefficient (Wildman–Crippen LogP) is 2.34. The van der Waals surface area contributed by atoms with E-state index in [2.05, 4.69) is 29.0 Å². The Morgan fingerprint density at radius 2 is 2.22 bits per heavy atom. The Bertz CT molecular complexity index is 371. The van der Waals surface area contributed by atoms with E-state index < -0.39 is 0 Å². The van der Waals surface area contributed by atoms with Gasteiger partial charge in [0.1, 0.15) is 5.76 Å². The third-order valence-corrected chi connectivity index (χ3v) is 4.06. The van der Waals surface area contributed by atoms with Crippen LogP contribution in [0.5, 0.6) is 0 Å². The fraction of sp³-hybridized carbons (Fsp3) is 0.786. The summed E-state index contributed by atoms with van der Waals surface area (Å²) in [4.78, 5) is 6.78. The van der Waals surface area contributed by atoms with Crippen molar-refractivity contribution in [3.05, 3.63) is 17.8 Å². The number of nitrogens with zero attached hydrogens (tertiary/aromatic N) is 2. The van der Waals surface area contributed by atoms with E-state index in [9.17, 15) is 0 Å². The van der Waals surface area contributed by atoms with Crippen LogP contribution in [0.1, 0.15) is 44.8 Å². The van der Waals surface area contributed by atoms with E-state index in [-0.39, 0.29) is 5.54 Å². The van der Waals surface area contributed by atoms with Crippen molar-refractivity contribution in [1.82, 2.24) is 15.2 Å². The second-order valence-electron chi connectivity index (χ2n) is 5.34. The van der Waals surface area contributed by atoms with Gasteiger partial charge in [-0.1, -0.05) is 13.8 Å². The molecule has 0 unspecified atom stereocenters. The Hall–Kier alpha value is -0.870. The Morgan fingerprint density at radius 1 is 1.44 bits per heavy atom. The minimum Gasteiger partial charge on any atom is -0.445 e. The summed E-state index contributed by atoms with van der Waals surface area (Å²) in [5.41, 5.74) is 0.262. The monoisotopic (exact) mass is 251 g/mol. The van der Waals surface area contributed by atoms with Gasteiger partial charge in [-0.15, -0.1) is 0 Å². The Labute approximate surface area is 110 Å². The van der Waals surface area contributed by atoms with E-state index >= 15 is 0 Å². The zero-order chi connectivity index (χ0) is 13.0. The van der Waals surface area contributed by atoms with Crippen LogP contribution in [-0.4, -0.2) is 35.1 Å². The minimum absolute atomic E-state index is 0.262. The maximum Gasteiger partial charge on any atom is 0.208 e. The van der Waals surface area contributed by atoms with Crippen molar-refractivity contribution in [3.63, 3.8) is 0 Å². The van der Waals surface area contributed by atoms with Crippen LogP contribution in [0.2, 0.25) is 0 Å². The lowest BCUT2D eigenvalue weighted by atomic mass is 9.92. The molecule has 1 aliphatic rings. The van der Waals surface area contributed by atoms with E-state index in [0.29, 0.717) is 0 Å². The molecule has 4 heteroatoms. The molecule has 4 nitrogen and oxygen atoms in total. The maximum absolute atomic E-state index is 5.59. The average Bonchev–Trinajstić information content (AvgIpc) is 2.66. The molecule has 2 rings (SSSR count). The Kier molecular flexibility index (Phi) is 4.40. The van der Waals surface area contributed by atoms with Gasteiger partial charge in [-0.25, -0.2) is 4.98 Å². The summed E-state index contributed by atoms with van der Waals surface area (Å²) < 4.78 is 5.59. The Balaban J connectivity index is 2.03. The molecule has 18 heavy (non-hydrogen) atoms. The number of hydrogen-bond acceptors (Lipinski definition) is 4. The highest BCUT2D eigenvalue weighted by atomic mass is 16.4. The van der Waals surface area contributed by atoms with Gasteiger partial charge in [0, 0.05) is 12.1 Å². The second kappa shape index (κ2) is 5.85. The fourth-order valence-corrected chi connectivity index (χ4v) is 2.74. The van der Waals surface area contributed by atoms with Crippen molar-refractivity contribution in [1.29, 1.82) is 0 Å². The molecule has 0 amide bonds. The first kappa shape index (κ1) is 13.6. The van der Waals surface area contributed by atoms with Gasteiger partial charge in [-0.2, -0.15) is 0 Å². The standard InChI is InChI=1S/C14H25N3O/c1-4-14(5-2)11-17(8-6-7-16-14)10-13-15-9-12(3)18-13/h9,16H,4-8,10-11H2,1-3H3. The van der Waals surface area contributed by atoms with Crippen molar-refractivity contribution in [2.24, 2.45) is 0 Å². The van der Waals surface area contributed by atoms with E-state index in [4.69, 9.17) is 4.42 Å². The Morgan fingerprint density at radius 3 is 2.83 bits per heavy atom. The van der Waals surface area contributed by atoms with Crippen molar-refractivity contribution in [2.45, 2.75) is 52.1 Å². The number of hydrogen-bond donors (Lipinski definition) is 1. The largest absolute Gasteiger partial charge is 0.445 e. The molecule has 0 aromatic carbocycles. The molecular weight excluding hydrogens is 226 g/mol. The summed E-state index contributed by atoms with van der Waals surface area (Å²) in [5.74, 6) is 1.74. The zero-order valence-electron chi connectivity index (χ0n) is 11.8. The van der Waals surface area contributed by atoms with Crippen LogP contribution < -0.4 is 5.32 Å². The molecule has 102 valence electrons. The molecular formula is C14H25N3O. The lowest BCUT2D eigenvalue weighted by Gasteiger charge is -2.35. The van der Waals surface area contributed by atoms with Crippen LogP contribution >= 0.6 is 0 Å². The summed E-state index contributed by atoms with van der Waals surface area (Å²) in [7, 11) is 0. The quantitative estimate of drug-likeness (QED) is 0.892. The van der Waals surface area contributed by atoms with Gasteiger partial charge in [0.25, 0.3) is 0 Å². The minimum atomic E-state index is 0.262. The van der Waals surface area contributed by atoms with Gasteiger partial charge in [-0.3, -0.25) is 4.90 Å². The summed E-state index contributed by atoms with van der Waals surface area (Å²) in [6, 6.07) is 0. The first-order valence-electron chi connectivity index (χ1n) is 7.06. The van der Waals surface area contributed by atoms with Gasteiger partial charge in [-0.05, 0) is 39.3 Å². The molecule has 1 aromatic heterocycles. The van der Waals surface area contributed by atoms with E-state index in [1.165, 1.54) is 19.3 Å². The van der Waals surface area contributed by atoms with Crippen LogP contribution in [0.25, 0.3) is 0 Å². The summed E-state index contributed by atoms with van der Waals surface area (Å²) in [6.07, 6.45) is 5.34. The smallest absolute Gasteiger partial charge is 0.208 e. The number of aryl methyl sites for hydroxylation is 1. The predicted molar refractivity (Wildman–Crippen MR) is 72.4 cm³/mol. The summed E-state index contributed by atoms with van der Waals surface area (Å²) in [6.45, 7) is 10.6. The molecule has 1 fully saturated rings. The van der Waals surface area contributed by atoms with Crippen molar-refractivity contribution in [2.75, 3.05) is 19.6 Å². The molecule has 2 heterocycles. The maximum atomic E-state index is 5.59. The number of aromatic nitrogens is 1. The third-order valence-electron chi connectivity index (χ3n) is 4.06. The molecule has 1 N–H and O–H groups in total. The van der Waals surface area contributed by atoms with Gasteiger partial charge in [0.05, 0.1) is 12.7 Å². The lowest BCUT2D eigenvalue weighted by molar-refractivity contribution is 0.177. The number of oxazole rings is 1. The number of rotatable bonds is 4. The van der Waals surface area contributed by atoms with Crippen LogP contribution in [0, 0.1) is 6.92 Å². The molecule has 0 radical (unpaired) electrons. The summed E-state index contributed by atoms with van der Waals surface area (Å²) >= 11 is 0. The molecule has 1 aliphatic heterocycles. The highest BCUT2D eigenvalue weighted by Crippen LogP contribution is 2.21. The van der Waals surface area contributed by atoms with Gasteiger partial charge in [0.15, 0.2) is 0 Å². The van der Waals surface area contributed by atoms with Gasteiger partial charge in [0.2, 0.25) is 5.89 Å². The van der Waals surface area contributed by atoms with Gasteiger partial charge >= 0.3 is 0 Å². The first-order chi connectivity index (χ1) is 8.67. The number of nitrogens with one attached hydrogen (secondary N) is 1. The van der Waals surface area contributed by atoms with Crippen molar-refractivity contribution < 1.29 is 4.42 Å². The molecule has 0 saturated carbocycles.